The fourth-order valence-corrected chi connectivity index (χ4v) is 6.00. The number of piperidine rings is 1. The molecular formula is C34H33F3N4O9S. The van der Waals surface area contributed by atoms with Crippen molar-refractivity contribution >= 4 is 50.1 Å². The van der Waals surface area contributed by atoms with Crippen molar-refractivity contribution in [1.29, 1.82) is 0 Å². The zero-order valence-electron chi connectivity index (χ0n) is 27.2. The average Bonchev–Trinajstić information content (AvgIpc) is 3.09. The number of benzene rings is 3. The third kappa shape index (κ3) is 10.0. The number of nitrogens with one attached hydrogen (secondary N) is 2. The monoisotopic (exact) mass is 730 g/mol. The van der Waals surface area contributed by atoms with E-state index >= 15 is 0 Å². The summed E-state index contributed by atoms with van der Waals surface area (Å²) >= 11 is 0. The van der Waals surface area contributed by atoms with Gasteiger partial charge in [-0.3, -0.25) is 24.6 Å². The maximum Gasteiger partial charge on any atom is 0.490 e. The molecule has 1 aromatic heterocycles. The maximum atomic E-state index is 13.3. The first-order chi connectivity index (χ1) is 24.0. The first-order valence-electron chi connectivity index (χ1n) is 15.2. The van der Waals surface area contributed by atoms with Crippen molar-refractivity contribution in [3.05, 3.63) is 95.7 Å². The Morgan fingerprint density at radius 3 is 2.18 bits per heavy atom. The summed E-state index contributed by atoms with van der Waals surface area (Å²) in [7, 11) is -3.42. The van der Waals surface area contributed by atoms with Crippen LogP contribution in [-0.2, 0) is 30.8 Å². The number of carbonyl (C=O) groups is 4. The number of rotatable bonds is 8. The molecule has 1 fully saturated rings. The summed E-state index contributed by atoms with van der Waals surface area (Å²) in [5.41, 5.74) is 5.16. The molecule has 17 heteroatoms. The molecule has 1 saturated heterocycles. The van der Waals surface area contributed by atoms with Crippen molar-refractivity contribution in [2.75, 3.05) is 24.7 Å². The van der Waals surface area contributed by atoms with Crippen molar-refractivity contribution in [2.24, 2.45) is 11.8 Å². The van der Waals surface area contributed by atoms with E-state index in [9.17, 15) is 41.2 Å². The van der Waals surface area contributed by atoms with Gasteiger partial charge in [0.2, 0.25) is 11.8 Å². The van der Waals surface area contributed by atoms with Crippen LogP contribution in [0.15, 0.2) is 83.8 Å². The summed E-state index contributed by atoms with van der Waals surface area (Å²) in [6.45, 7) is 2.36. The SMILES string of the molecule is Cc1cc(COc2ccc(NC(=O)[C@H]3CCN(C(=O)c4ccc(S(C)(=O)=O)cc4)C[C@@H]3C(=O)NO)cc2)c2ccccc2n1.O=C(O)C(F)(F)F. The average molecular weight is 731 g/mol. The smallest absolute Gasteiger partial charge is 0.489 e. The normalized spacial score (nSPS) is 16.0. The van der Waals surface area contributed by atoms with E-state index in [1.165, 1.54) is 29.2 Å². The topological polar surface area (TPSA) is 192 Å². The second kappa shape index (κ2) is 16.0. The zero-order chi connectivity index (χ0) is 37.5. The van der Waals surface area contributed by atoms with Crippen LogP contribution < -0.4 is 15.5 Å². The molecule has 0 saturated carbocycles. The van der Waals surface area contributed by atoms with Gasteiger partial charge in [-0.05, 0) is 74.0 Å². The fourth-order valence-electron chi connectivity index (χ4n) is 5.37. The summed E-state index contributed by atoms with van der Waals surface area (Å²) < 4.78 is 61.2. The van der Waals surface area contributed by atoms with Gasteiger partial charge in [-0.15, -0.1) is 0 Å². The quantitative estimate of drug-likeness (QED) is 0.149. The number of halogens is 3. The number of hydrogen-bond acceptors (Lipinski definition) is 9. The van der Waals surface area contributed by atoms with Crippen molar-refractivity contribution < 1.29 is 55.8 Å². The predicted molar refractivity (Wildman–Crippen MR) is 177 cm³/mol. The van der Waals surface area contributed by atoms with Gasteiger partial charge in [0.05, 0.1) is 22.2 Å². The molecule has 2 atom stereocenters. The first-order valence-corrected chi connectivity index (χ1v) is 17.1. The maximum absolute atomic E-state index is 13.3. The Bertz CT molecular complexity index is 2020. The molecule has 51 heavy (non-hydrogen) atoms. The number of para-hydroxylation sites is 1. The number of fused-ring (bicyclic) bond motifs is 1. The van der Waals surface area contributed by atoms with Crippen LogP contribution in [-0.4, -0.2) is 77.8 Å². The molecular weight excluding hydrogens is 697 g/mol. The van der Waals surface area contributed by atoms with Gasteiger partial charge in [-0.1, -0.05) is 18.2 Å². The van der Waals surface area contributed by atoms with Crippen LogP contribution >= 0.6 is 0 Å². The number of carbonyl (C=O) groups excluding carboxylic acids is 3. The molecule has 1 aliphatic heterocycles. The third-order valence-electron chi connectivity index (χ3n) is 7.90. The number of amides is 3. The van der Waals surface area contributed by atoms with Crippen molar-refractivity contribution in [1.82, 2.24) is 15.4 Å². The van der Waals surface area contributed by atoms with Crippen LogP contribution in [0.1, 0.15) is 28.0 Å². The lowest BCUT2D eigenvalue weighted by molar-refractivity contribution is -0.192. The van der Waals surface area contributed by atoms with E-state index in [1.54, 1.807) is 29.7 Å². The summed E-state index contributed by atoms with van der Waals surface area (Å²) in [5.74, 6) is -5.58. The van der Waals surface area contributed by atoms with Gasteiger partial charge in [0.1, 0.15) is 12.4 Å². The molecule has 0 spiro atoms. The fraction of sp³-hybridized carbons (Fsp3) is 0.265. The number of aryl methyl sites for hydroxylation is 1. The number of carboxylic acid groups (broad SMARTS) is 1. The van der Waals surface area contributed by atoms with Crippen LogP contribution in [0, 0.1) is 18.8 Å². The number of hydrogen-bond donors (Lipinski definition) is 4. The Morgan fingerprint density at radius 1 is 0.961 bits per heavy atom. The zero-order valence-corrected chi connectivity index (χ0v) is 28.0. The third-order valence-corrected chi connectivity index (χ3v) is 9.03. The van der Waals surface area contributed by atoms with Gasteiger partial charge in [0.15, 0.2) is 9.84 Å². The van der Waals surface area contributed by atoms with Crippen LogP contribution in [0.3, 0.4) is 0 Å². The molecule has 270 valence electrons. The number of aliphatic carboxylic acids is 1. The van der Waals surface area contributed by atoms with Crippen LogP contribution in [0.5, 0.6) is 5.75 Å². The minimum Gasteiger partial charge on any atom is -0.489 e. The molecule has 0 bridgehead atoms. The van der Waals surface area contributed by atoms with E-state index in [4.69, 9.17) is 14.6 Å². The van der Waals surface area contributed by atoms with E-state index in [-0.39, 0.29) is 30.0 Å². The summed E-state index contributed by atoms with van der Waals surface area (Å²) in [5, 5.41) is 20.3. The van der Waals surface area contributed by atoms with E-state index in [0.717, 1.165) is 28.4 Å². The molecule has 4 N–H and O–H groups in total. The second-order valence-electron chi connectivity index (χ2n) is 11.6. The number of carboxylic acids is 1. The molecule has 4 aromatic rings. The van der Waals surface area contributed by atoms with Gasteiger partial charge < -0.3 is 20.1 Å². The molecule has 0 radical (unpaired) electrons. The van der Waals surface area contributed by atoms with Crippen LogP contribution in [0.2, 0.25) is 0 Å². The first kappa shape index (κ1) is 38.3. The largest absolute Gasteiger partial charge is 0.490 e. The molecule has 5 rings (SSSR count). The number of nitrogens with zero attached hydrogens (tertiary/aromatic N) is 2. The molecule has 3 amide bonds. The van der Waals surface area contributed by atoms with Gasteiger partial charge in [-0.2, -0.15) is 13.2 Å². The molecule has 2 heterocycles. The standard InChI is InChI=1S/C32H32N4O7S.C2HF3O2/c1-20-17-22(26-5-3-4-6-29(26)33-20)19-43-24-11-9-23(10-12-24)34-30(37)27-15-16-36(18-28(27)31(38)35-40)32(39)21-7-13-25(14-8-21)44(2,41)42;3-2(4,5)1(6)7/h3-14,17,27-28,40H,15-16,18-19H2,1-2H3,(H,34,37)(H,35,38);(H,6,7)/t27-,28-;/m0./s1. The Hall–Kier alpha value is -5.55. The molecule has 1 aliphatic rings. The Balaban J connectivity index is 0.000000755. The van der Waals surface area contributed by atoms with Crippen LogP contribution in [0.25, 0.3) is 10.9 Å². The summed E-state index contributed by atoms with van der Waals surface area (Å²) in [4.78, 5) is 53.9. The van der Waals surface area contributed by atoms with E-state index in [1.807, 2.05) is 37.3 Å². The highest BCUT2D eigenvalue weighted by atomic mass is 32.2. The predicted octanol–water partition coefficient (Wildman–Crippen LogP) is 4.38. The Kier molecular flexibility index (Phi) is 12.0. The Labute approximate surface area is 289 Å². The van der Waals surface area contributed by atoms with Crippen molar-refractivity contribution in [3.63, 3.8) is 0 Å². The molecule has 13 nitrogen and oxygen atoms in total. The lowest BCUT2D eigenvalue weighted by Gasteiger charge is -2.36. The van der Waals surface area contributed by atoms with Gasteiger partial charge in [0, 0.05) is 47.2 Å². The summed E-state index contributed by atoms with van der Waals surface area (Å²) in [6.07, 6.45) is -3.83. The highest BCUT2D eigenvalue weighted by molar-refractivity contribution is 7.90. The van der Waals surface area contributed by atoms with Gasteiger partial charge in [0.25, 0.3) is 5.91 Å². The number of hydroxylamine groups is 1. The number of ether oxygens (including phenoxy) is 1. The molecule has 0 aliphatic carbocycles. The highest BCUT2D eigenvalue weighted by Gasteiger charge is 2.40. The van der Waals surface area contributed by atoms with Gasteiger partial charge in [-0.25, -0.2) is 18.7 Å². The van der Waals surface area contributed by atoms with Gasteiger partial charge >= 0.3 is 12.1 Å². The number of anilines is 1. The lowest BCUT2D eigenvalue weighted by Crippen LogP contribution is -2.52. The number of likely N-dealkylation sites (tertiary alicyclic amines) is 1. The Morgan fingerprint density at radius 2 is 1.59 bits per heavy atom. The van der Waals surface area contributed by atoms with Crippen molar-refractivity contribution in [2.45, 2.75) is 31.0 Å². The summed E-state index contributed by atoms with van der Waals surface area (Å²) in [6, 6.07) is 22.2. The molecule has 0 unspecified atom stereocenters. The number of pyridine rings is 1. The minimum absolute atomic E-state index is 0.0824. The second-order valence-corrected chi connectivity index (χ2v) is 13.6. The van der Waals surface area contributed by atoms with Crippen molar-refractivity contribution in [3.8, 4) is 5.75 Å². The number of aromatic nitrogens is 1. The number of sulfone groups is 1. The molecule has 3 aromatic carbocycles. The van der Waals surface area contributed by atoms with E-state index in [2.05, 4.69) is 10.3 Å². The lowest BCUT2D eigenvalue weighted by atomic mass is 9.83. The highest BCUT2D eigenvalue weighted by Crippen LogP contribution is 2.28. The van der Waals surface area contributed by atoms with E-state index in [0.29, 0.717) is 18.0 Å². The minimum atomic E-state index is -5.08. The number of alkyl halides is 3. The van der Waals surface area contributed by atoms with E-state index < -0.39 is 51.5 Å². The van der Waals surface area contributed by atoms with Crippen LogP contribution in [0.4, 0.5) is 18.9 Å².